The number of aliphatic hydroxyl groups is 2. The van der Waals surface area contributed by atoms with Gasteiger partial charge in [-0.25, -0.2) is 4.79 Å². The number of carbonyl (C=O) groups is 1. The van der Waals surface area contributed by atoms with Crippen molar-refractivity contribution in [1.82, 2.24) is 0 Å². The summed E-state index contributed by atoms with van der Waals surface area (Å²) < 4.78 is 0. The van der Waals surface area contributed by atoms with Crippen LogP contribution in [0, 0.1) is 0 Å². The van der Waals surface area contributed by atoms with Crippen molar-refractivity contribution in [3.63, 3.8) is 0 Å². The third kappa shape index (κ3) is 2.95. The quantitative estimate of drug-likeness (QED) is 0.587. The summed E-state index contributed by atoms with van der Waals surface area (Å²) in [7, 11) is 0. The van der Waals surface area contributed by atoms with Crippen molar-refractivity contribution in [2.75, 3.05) is 18.5 Å². The molecule has 1 aromatic carbocycles. The molecule has 0 heterocycles. The first-order chi connectivity index (χ1) is 7.50. The van der Waals surface area contributed by atoms with Crippen LogP contribution in [0.2, 0.25) is 0 Å². The van der Waals surface area contributed by atoms with Crippen LogP contribution < -0.4 is 5.32 Å². The largest absolute Gasteiger partial charge is 0.478 e. The van der Waals surface area contributed by atoms with Crippen LogP contribution in [0.1, 0.15) is 17.3 Å². The van der Waals surface area contributed by atoms with Gasteiger partial charge in [-0.2, -0.15) is 0 Å². The lowest BCUT2D eigenvalue weighted by Crippen LogP contribution is -2.42. The van der Waals surface area contributed by atoms with Crippen LogP contribution >= 0.6 is 0 Å². The first-order valence-corrected chi connectivity index (χ1v) is 4.84. The summed E-state index contributed by atoms with van der Waals surface area (Å²) in [5.74, 6) is -1.02. The van der Waals surface area contributed by atoms with Gasteiger partial charge in [0.05, 0.1) is 24.3 Å². The highest BCUT2D eigenvalue weighted by atomic mass is 16.4. The molecule has 0 bridgehead atoms. The molecule has 0 aliphatic rings. The highest BCUT2D eigenvalue weighted by molar-refractivity contribution is 5.88. The second-order valence-corrected chi connectivity index (χ2v) is 3.89. The number of hydrogen-bond acceptors (Lipinski definition) is 4. The Morgan fingerprint density at radius 2 is 2.00 bits per heavy atom. The summed E-state index contributed by atoms with van der Waals surface area (Å²) in [4.78, 5) is 10.7. The minimum atomic E-state index is -1.02. The Bertz CT molecular complexity index is 374. The third-order valence-corrected chi connectivity index (χ3v) is 2.25. The molecule has 1 rings (SSSR count). The van der Waals surface area contributed by atoms with E-state index in [0.717, 1.165) is 0 Å². The number of hydrogen-bond donors (Lipinski definition) is 4. The van der Waals surface area contributed by atoms with Crippen molar-refractivity contribution in [2.24, 2.45) is 0 Å². The van der Waals surface area contributed by atoms with E-state index in [1.807, 2.05) is 0 Å². The Kier molecular flexibility index (Phi) is 3.87. The number of rotatable bonds is 5. The molecule has 0 aliphatic carbocycles. The zero-order valence-electron chi connectivity index (χ0n) is 8.97. The summed E-state index contributed by atoms with van der Waals surface area (Å²) in [6.07, 6.45) is 0. The summed E-state index contributed by atoms with van der Waals surface area (Å²) in [5.41, 5.74) is -0.161. The molecule has 0 amide bonds. The van der Waals surface area contributed by atoms with Gasteiger partial charge in [0.2, 0.25) is 0 Å². The Morgan fingerprint density at radius 3 is 2.50 bits per heavy atom. The predicted molar refractivity (Wildman–Crippen MR) is 59.6 cm³/mol. The fourth-order valence-electron chi connectivity index (χ4n) is 1.21. The first-order valence-electron chi connectivity index (χ1n) is 4.84. The third-order valence-electron chi connectivity index (χ3n) is 2.25. The number of benzene rings is 1. The molecule has 0 atom stereocenters. The minimum Gasteiger partial charge on any atom is -0.478 e. The molecule has 0 saturated carbocycles. The van der Waals surface area contributed by atoms with Gasteiger partial charge in [-0.15, -0.1) is 0 Å². The van der Waals surface area contributed by atoms with Gasteiger partial charge in [-0.3, -0.25) is 0 Å². The van der Waals surface area contributed by atoms with Gasteiger partial charge < -0.3 is 20.6 Å². The van der Waals surface area contributed by atoms with Crippen molar-refractivity contribution >= 4 is 11.7 Å². The van der Waals surface area contributed by atoms with Crippen LogP contribution in [-0.2, 0) is 0 Å². The lowest BCUT2D eigenvalue weighted by molar-refractivity contribution is 0.0697. The van der Waals surface area contributed by atoms with Gasteiger partial charge in [0, 0.05) is 5.69 Å². The van der Waals surface area contributed by atoms with Gasteiger partial charge in [0.15, 0.2) is 0 Å². The van der Waals surface area contributed by atoms with Crippen molar-refractivity contribution < 1.29 is 20.1 Å². The van der Waals surface area contributed by atoms with Gasteiger partial charge in [-0.05, 0) is 25.1 Å². The molecule has 0 fully saturated rings. The number of carboxylic acid groups (broad SMARTS) is 1. The second-order valence-electron chi connectivity index (χ2n) is 3.89. The molecule has 0 aromatic heterocycles. The van der Waals surface area contributed by atoms with Crippen LogP contribution in [0.5, 0.6) is 0 Å². The molecule has 0 aliphatic heterocycles. The number of aliphatic hydroxyl groups excluding tert-OH is 2. The number of nitrogens with one attached hydrogen (secondary N) is 1. The van der Waals surface area contributed by atoms with Crippen molar-refractivity contribution in [1.29, 1.82) is 0 Å². The van der Waals surface area contributed by atoms with E-state index in [9.17, 15) is 4.79 Å². The maximum absolute atomic E-state index is 10.7. The molecule has 0 radical (unpaired) electrons. The smallest absolute Gasteiger partial charge is 0.335 e. The molecule has 0 saturated heterocycles. The summed E-state index contributed by atoms with van der Waals surface area (Å²) in [5, 5.41) is 29.9. The number of carboxylic acids is 1. The monoisotopic (exact) mass is 225 g/mol. The number of anilines is 1. The molecular formula is C11H15NO4. The molecule has 0 unspecified atom stereocenters. The fraction of sp³-hybridized carbons (Fsp3) is 0.364. The van der Waals surface area contributed by atoms with Gasteiger partial charge in [-0.1, -0.05) is 6.07 Å². The van der Waals surface area contributed by atoms with Gasteiger partial charge >= 0.3 is 5.97 Å². The average Bonchev–Trinajstić information content (AvgIpc) is 2.29. The van der Waals surface area contributed by atoms with Crippen LogP contribution in [0.15, 0.2) is 24.3 Å². The lowest BCUT2D eigenvalue weighted by Gasteiger charge is -2.27. The number of aromatic carboxylic acids is 1. The van der Waals surface area contributed by atoms with Crippen molar-refractivity contribution in [3.8, 4) is 0 Å². The topological polar surface area (TPSA) is 89.8 Å². The highest BCUT2D eigenvalue weighted by Crippen LogP contribution is 2.16. The summed E-state index contributed by atoms with van der Waals surface area (Å²) in [6, 6.07) is 6.20. The van der Waals surface area contributed by atoms with E-state index in [0.29, 0.717) is 5.69 Å². The van der Waals surface area contributed by atoms with Gasteiger partial charge in [0.1, 0.15) is 0 Å². The summed E-state index contributed by atoms with van der Waals surface area (Å²) in [6.45, 7) is 1.14. The van der Waals surface area contributed by atoms with Gasteiger partial charge in [0.25, 0.3) is 0 Å². The van der Waals surface area contributed by atoms with E-state index >= 15 is 0 Å². The minimum absolute atomic E-state index is 0.156. The zero-order chi connectivity index (χ0) is 12.2. The van der Waals surface area contributed by atoms with Crippen LogP contribution in [0.3, 0.4) is 0 Å². The molecule has 1 aromatic rings. The van der Waals surface area contributed by atoms with E-state index in [2.05, 4.69) is 5.32 Å². The fourth-order valence-corrected chi connectivity index (χ4v) is 1.21. The maximum Gasteiger partial charge on any atom is 0.335 e. The highest BCUT2D eigenvalue weighted by Gasteiger charge is 2.21. The van der Waals surface area contributed by atoms with E-state index < -0.39 is 11.5 Å². The molecule has 5 heteroatoms. The van der Waals surface area contributed by atoms with Crippen molar-refractivity contribution in [2.45, 2.75) is 12.5 Å². The van der Waals surface area contributed by atoms with Crippen LogP contribution in [-0.4, -0.2) is 40.0 Å². The average molecular weight is 225 g/mol. The molecular weight excluding hydrogens is 210 g/mol. The maximum atomic E-state index is 10.7. The van der Waals surface area contributed by atoms with Crippen LogP contribution in [0.4, 0.5) is 5.69 Å². The van der Waals surface area contributed by atoms with E-state index in [1.54, 1.807) is 19.1 Å². The molecule has 0 spiro atoms. The molecule has 88 valence electrons. The molecule has 4 N–H and O–H groups in total. The SMILES string of the molecule is CC(CO)(CO)Nc1cccc(C(=O)O)c1. The summed E-state index contributed by atoms with van der Waals surface area (Å²) >= 11 is 0. The molecule has 16 heavy (non-hydrogen) atoms. The molecule has 5 nitrogen and oxygen atoms in total. The van der Waals surface area contributed by atoms with E-state index in [1.165, 1.54) is 12.1 Å². The van der Waals surface area contributed by atoms with Crippen molar-refractivity contribution in [3.05, 3.63) is 29.8 Å². The lowest BCUT2D eigenvalue weighted by atomic mass is 10.0. The van der Waals surface area contributed by atoms with E-state index in [4.69, 9.17) is 15.3 Å². The first kappa shape index (κ1) is 12.5. The Morgan fingerprint density at radius 1 is 1.38 bits per heavy atom. The van der Waals surface area contributed by atoms with Crippen LogP contribution in [0.25, 0.3) is 0 Å². The second kappa shape index (κ2) is 4.96. The predicted octanol–water partition coefficient (Wildman–Crippen LogP) is 0.540. The Hall–Kier alpha value is -1.59. The normalized spacial score (nSPS) is 11.2. The zero-order valence-corrected chi connectivity index (χ0v) is 8.97. The Balaban J connectivity index is 2.89. The standard InChI is InChI=1S/C11H15NO4/c1-11(6-13,7-14)12-9-4-2-3-8(5-9)10(15)16/h2-5,12-14H,6-7H2,1H3,(H,15,16). The van der Waals surface area contributed by atoms with E-state index in [-0.39, 0.29) is 18.8 Å². The Labute approximate surface area is 93.4 Å².